The van der Waals surface area contributed by atoms with E-state index in [2.05, 4.69) is 4.74 Å². The first-order valence-corrected chi connectivity index (χ1v) is 9.42. The van der Waals surface area contributed by atoms with E-state index in [4.69, 9.17) is 10.5 Å². The summed E-state index contributed by atoms with van der Waals surface area (Å²) in [6, 6.07) is 5.36. The predicted molar refractivity (Wildman–Crippen MR) is 104 cm³/mol. The quantitative estimate of drug-likeness (QED) is 0.764. The smallest absolute Gasteiger partial charge is 0.387 e. The number of amides is 2. The molecule has 1 aromatic rings. The van der Waals surface area contributed by atoms with Crippen LogP contribution in [-0.2, 0) is 9.53 Å². The van der Waals surface area contributed by atoms with Crippen molar-refractivity contribution in [3.8, 4) is 5.75 Å². The number of hydrogen-bond donors (Lipinski definition) is 1. The Bertz CT molecular complexity index is 696. The minimum Gasteiger partial charge on any atom is -0.434 e. The lowest BCUT2D eigenvalue weighted by molar-refractivity contribution is -0.136. The predicted octanol–water partition coefficient (Wildman–Crippen LogP) is 1.75. The number of benzene rings is 1. The number of nitrogens with zero attached hydrogens (tertiary/aromatic N) is 2. The van der Waals surface area contributed by atoms with Gasteiger partial charge < -0.3 is 25.0 Å². The average Bonchev–Trinajstić information content (AvgIpc) is 2.73. The van der Waals surface area contributed by atoms with E-state index in [1.54, 1.807) is 11.0 Å². The normalized spacial score (nSPS) is 18.9. The van der Waals surface area contributed by atoms with E-state index >= 15 is 0 Å². The number of piperazine rings is 1. The summed E-state index contributed by atoms with van der Waals surface area (Å²) >= 11 is 0. The first-order chi connectivity index (χ1) is 13.5. The number of para-hydroxylation sites is 1. The first-order valence-electron chi connectivity index (χ1n) is 9.42. The summed E-state index contributed by atoms with van der Waals surface area (Å²) in [4.78, 5) is 28.6. The molecule has 2 N–H and O–H groups in total. The maximum Gasteiger partial charge on any atom is 0.387 e. The van der Waals surface area contributed by atoms with Crippen LogP contribution in [0.4, 0.5) is 8.78 Å². The Hall–Kier alpha value is -1.97. The molecular formula is C19H26ClF2N3O4. The summed E-state index contributed by atoms with van der Waals surface area (Å²) in [5.74, 6) is -0.542. The van der Waals surface area contributed by atoms with E-state index in [9.17, 15) is 18.4 Å². The summed E-state index contributed by atoms with van der Waals surface area (Å²) in [5.41, 5.74) is 6.24. The number of ether oxygens (including phenoxy) is 2. The molecule has 162 valence electrons. The van der Waals surface area contributed by atoms with Crippen molar-refractivity contribution in [3.05, 3.63) is 29.8 Å². The van der Waals surface area contributed by atoms with E-state index in [0.717, 1.165) is 12.8 Å². The number of nitrogens with two attached hydrogens (primary N) is 1. The molecule has 2 saturated heterocycles. The van der Waals surface area contributed by atoms with Gasteiger partial charge in [0.2, 0.25) is 5.91 Å². The zero-order valence-corrected chi connectivity index (χ0v) is 16.8. The van der Waals surface area contributed by atoms with Gasteiger partial charge in [0.05, 0.1) is 11.6 Å². The second-order valence-electron chi connectivity index (χ2n) is 6.97. The number of carbonyl (C=O) groups is 2. The van der Waals surface area contributed by atoms with Gasteiger partial charge in [0.1, 0.15) is 5.75 Å². The van der Waals surface area contributed by atoms with E-state index in [-0.39, 0.29) is 35.5 Å². The molecule has 0 aliphatic carbocycles. The molecule has 2 aliphatic heterocycles. The molecule has 1 atom stereocenters. The summed E-state index contributed by atoms with van der Waals surface area (Å²) < 4.78 is 34.9. The summed E-state index contributed by atoms with van der Waals surface area (Å²) in [6.45, 7) is -0.418. The van der Waals surface area contributed by atoms with Crippen LogP contribution >= 0.6 is 12.4 Å². The van der Waals surface area contributed by atoms with Crippen molar-refractivity contribution in [1.82, 2.24) is 9.80 Å². The summed E-state index contributed by atoms with van der Waals surface area (Å²) in [7, 11) is 0. The van der Waals surface area contributed by atoms with Crippen LogP contribution in [0, 0.1) is 5.92 Å². The standard InChI is InChI=1S/C19H25F2N3O4.ClH/c20-19(21)28-15-4-2-1-3-14(15)17(25)23-7-9-24(10-8-23)18(26)16(22)13-5-11-27-12-6-13;/h1-4,13,16,19H,5-12,22H2;1H. The second kappa shape index (κ2) is 10.7. The number of carbonyl (C=O) groups excluding carboxylic acids is 2. The maximum atomic E-state index is 12.7. The van der Waals surface area contributed by atoms with Gasteiger partial charge in [-0.25, -0.2) is 0 Å². The number of hydrogen-bond acceptors (Lipinski definition) is 5. The van der Waals surface area contributed by atoms with Crippen LogP contribution in [0.5, 0.6) is 5.75 Å². The molecule has 29 heavy (non-hydrogen) atoms. The lowest BCUT2D eigenvalue weighted by Crippen LogP contribution is -2.56. The van der Waals surface area contributed by atoms with Crippen LogP contribution in [0.25, 0.3) is 0 Å². The van der Waals surface area contributed by atoms with Crippen molar-refractivity contribution >= 4 is 24.2 Å². The Morgan fingerprint density at radius 1 is 1.07 bits per heavy atom. The van der Waals surface area contributed by atoms with Gasteiger partial charge in [0.15, 0.2) is 0 Å². The fraction of sp³-hybridized carbons (Fsp3) is 0.579. The van der Waals surface area contributed by atoms with Crippen LogP contribution in [0.2, 0.25) is 0 Å². The molecule has 0 bridgehead atoms. The molecule has 2 fully saturated rings. The van der Waals surface area contributed by atoms with Crippen LogP contribution in [-0.4, -0.2) is 73.7 Å². The van der Waals surface area contributed by atoms with Crippen molar-refractivity contribution in [1.29, 1.82) is 0 Å². The van der Waals surface area contributed by atoms with E-state index < -0.39 is 18.6 Å². The van der Waals surface area contributed by atoms with E-state index in [1.807, 2.05) is 0 Å². The molecule has 3 rings (SSSR count). The third kappa shape index (κ3) is 5.77. The average molecular weight is 434 g/mol. The van der Waals surface area contributed by atoms with Gasteiger partial charge in [-0.2, -0.15) is 8.78 Å². The monoisotopic (exact) mass is 433 g/mol. The molecule has 0 spiro atoms. The van der Waals surface area contributed by atoms with Crippen LogP contribution in [0.1, 0.15) is 23.2 Å². The first kappa shape index (κ1) is 23.3. The van der Waals surface area contributed by atoms with Gasteiger partial charge in [-0.05, 0) is 30.9 Å². The molecule has 2 heterocycles. The van der Waals surface area contributed by atoms with Crippen LogP contribution in [0.15, 0.2) is 24.3 Å². The second-order valence-corrected chi connectivity index (χ2v) is 6.97. The van der Waals surface area contributed by atoms with Crippen molar-refractivity contribution in [2.45, 2.75) is 25.5 Å². The van der Waals surface area contributed by atoms with Gasteiger partial charge in [0, 0.05) is 39.4 Å². The van der Waals surface area contributed by atoms with Crippen molar-refractivity contribution in [3.63, 3.8) is 0 Å². The fourth-order valence-corrected chi connectivity index (χ4v) is 3.63. The molecule has 0 aromatic heterocycles. The molecular weight excluding hydrogens is 408 g/mol. The third-order valence-corrected chi connectivity index (χ3v) is 5.27. The Labute approximate surface area is 174 Å². The number of halogens is 3. The number of alkyl halides is 2. The Balaban J connectivity index is 0.00000300. The van der Waals surface area contributed by atoms with Gasteiger partial charge in [0.25, 0.3) is 5.91 Å². The minimum atomic E-state index is -3.00. The van der Waals surface area contributed by atoms with Crippen LogP contribution < -0.4 is 10.5 Å². The molecule has 0 radical (unpaired) electrons. The molecule has 1 unspecified atom stereocenters. The molecule has 1 aromatic carbocycles. The van der Waals surface area contributed by atoms with Gasteiger partial charge in [-0.3, -0.25) is 9.59 Å². The Morgan fingerprint density at radius 3 is 2.28 bits per heavy atom. The van der Waals surface area contributed by atoms with Gasteiger partial charge >= 0.3 is 6.61 Å². The molecule has 2 amide bonds. The van der Waals surface area contributed by atoms with E-state index in [0.29, 0.717) is 39.4 Å². The SMILES string of the molecule is Cl.NC(C(=O)N1CCN(C(=O)c2ccccc2OC(F)F)CC1)C1CCOCC1. The zero-order valence-electron chi connectivity index (χ0n) is 16.0. The Kier molecular flexibility index (Phi) is 8.60. The van der Waals surface area contributed by atoms with Crippen molar-refractivity contribution in [2.75, 3.05) is 39.4 Å². The summed E-state index contributed by atoms with van der Waals surface area (Å²) in [6.07, 6.45) is 1.54. The minimum absolute atomic E-state index is 0. The molecule has 2 aliphatic rings. The van der Waals surface area contributed by atoms with Gasteiger partial charge in [-0.1, -0.05) is 12.1 Å². The molecule has 7 nitrogen and oxygen atoms in total. The summed E-state index contributed by atoms with van der Waals surface area (Å²) in [5, 5.41) is 0. The lowest BCUT2D eigenvalue weighted by atomic mass is 9.91. The van der Waals surface area contributed by atoms with Gasteiger partial charge in [-0.15, -0.1) is 12.4 Å². The van der Waals surface area contributed by atoms with Crippen molar-refractivity contribution < 1.29 is 27.8 Å². The highest BCUT2D eigenvalue weighted by Gasteiger charge is 2.33. The van der Waals surface area contributed by atoms with Crippen molar-refractivity contribution in [2.24, 2.45) is 11.7 Å². The fourth-order valence-electron chi connectivity index (χ4n) is 3.63. The van der Waals surface area contributed by atoms with Crippen LogP contribution in [0.3, 0.4) is 0 Å². The Morgan fingerprint density at radius 2 is 1.66 bits per heavy atom. The third-order valence-electron chi connectivity index (χ3n) is 5.27. The molecule has 0 saturated carbocycles. The lowest BCUT2D eigenvalue weighted by Gasteiger charge is -2.37. The van der Waals surface area contributed by atoms with E-state index in [1.165, 1.54) is 23.1 Å². The zero-order chi connectivity index (χ0) is 20.1. The highest BCUT2D eigenvalue weighted by molar-refractivity contribution is 5.97. The maximum absolute atomic E-state index is 12.7. The highest BCUT2D eigenvalue weighted by Crippen LogP contribution is 2.23. The number of rotatable bonds is 5. The highest BCUT2D eigenvalue weighted by atomic mass is 35.5. The molecule has 10 heteroatoms. The topological polar surface area (TPSA) is 85.1 Å². The largest absolute Gasteiger partial charge is 0.434 e.